The molecule has 1 N–H and O–H groups in total. The van der Waals surface area contributed by atoms with Crippen molar-refractivity contribution in [1.29, 1.82) is 0 Å². The van der Waals surface area contributed by atoms with Crippen LogP contribution >= 0.6 is 0 Å². The van der Waals surface area contributed by atoms with Crippen molar-refractivity contribution in [3.63, 3.8) is 0 Å². The molecule has 0 saturated carbocycles. The minimum atomic E-state index is -3.15. The highest BCUT2D eigenvalue weighted by atomic mass is 32.2. The predicted octanol–water partition coefficient (Wildman–Crippen LogP) is 2.60. The van der Waals surface area contributed by atoms with Gasteiger partial charge >= 0.3 is 0 Å². The van der Waals surface area contributed by atoms with E-state index in [2.05, 4.69) is 15.7 Å². The predicted molar refractivity (Wildman–Crippen MR) is 118 cm³/mol. The summed E-state index contributed by atoms with van der Waals surface area (Å²) in [4.78, 5) is 2.46. The molecule has 4 atom stereocenters. The highest BCUT2D eigenvalue weighted by molar-refractivity contribution is 7.89. The Balaban J connectivity index is 1.46. The molecule has 3 aliphatic rings. The van der Waals surface area contributed by atoms with Crippen LogP contribution in [0.1, 0.15) is 37.8 Å². The second-order valence-corrected chi connectivity index (χ2v) is 10.4. The molecule has 8 heteroatoms. The normalized spacial score (nSPS) is 26.1. The standard InChI is InChI=1S/C22H32N4O3S/c1-4-11-30(27,28)23-14-18-12-17-9-10-26(18)15-20(17)22-13-21(24-25(22)2)16-5-7-19(29-3)8-6-16/h5-8,13,17-18,20,23H,4,9-12,14-15H2,1-3H3/t17-,18-,20+/m1/s1. The largest absolute Gasteiger partial charge is 0.497 e. The molecule has 1 aromatic carbocycles. The van der Waals surface area contributed by atoms with Gasteiger partial charge in [-0.05, 0) is 62.1 Å². The van der Waals surface area contributed by atoms with Crippen LogP contribution in [-0.2, 0) is 17.1 Å². The SMILES string of the molecule is CCCS(=O)(=O)NC[C@H]1C[C@H]2CCN1C[C@@H]2c1cc(-c2ccc(OC)cc2)nn1C. The van der Waals surface area contributed by atoms with E-state index in [1.54, 1.807) is 7.11 Å². The Hall–Kier alpha value is -1.90. The van der Waals surface area contributed by atoms with Crippen LogP contribution in [0.5, 0.6) is 5.75 Å². The molecule has 3 fully saturated rings. The molecule has 1 unspecified atom stereocenters. The van der Waals surface area contributed by atoms with Crippen LogP contribution in [-0.4, -0.2) is 61.6 Å². The minimum Gasteiger partial charge on any atom is -0.497 e. The van der Waals surface area contributed by atoms with Crippen molar-refractivity contribution in [3.05, 3.63) is 36.0 Å². The van der Waals surface area contributed by atoms with Crippen LogP contribution in [0.3, 0.4) is 0 Å². The maximum atomic E-state index is 12.0. The molecule has 5 rings (SSSR count). The van der Waals surface area contributed by atoms with Gasteiger partial charge in [-0.3, -0.25) is 9.58 Å². The molecule has 30 heavy (non-hydrogen) atoms. The van der Waals surface area contributed by atoms with Gasteiger partial charge in [-0.2, -0.15) is 5.10 Å². The Kier molecular flexibility index (Phi) is 6.18. The third-order valence-corrected chi connectivity index (χ3v) is 8.12. The van der Waals surface area contributed by atoms with Gasteiger partial charge in [0.15, 0.2) is 0 Å². The molecule has 0 amide bonds. The van der Waals surface area contributed by atoms with Crippen LogP contribution < -0.4 is 9.46 Å². The Morgan fingerprint density at radius 1 is 1.27 bits per heavy atom. The number of hydrogen-bond donors (Lipinski definition) is 1. The van der Waals surface area contributed by atoms with E-state index < -0.39 is 10.0 Å². The number of nitrogens with one attached hydrogen (secondary N) is 1. The molecular formula is C22H32N4O3S. The van der Waals surface area contributed by atoms with Gasteiger partial charge in [0, 0.05) is 43.4 Å². The number of aromatic nitrogens is 2. The van der Waals surface area contributed by atoms with E-state index in [1.165, 1.54) is 5.69 Å². The molecule has 4 heterocycles. The summed E-state index contributed by atoms with van der Waals surface area (Å²) in [6.45, 7) is 4.43. The molecule has 2 bridgehead atoms. The van der Waals surface area contributed by atoms with Crippen molar-refractivity contribution in [3.8, 4) is 17.0 Å². The van der Waals surface area contributed by atoms with Gasteiger partial charge in [0.1, 0.15) is 5.75 Å². The maximum absolute atomic E-state index is 12.0. The zero-order valence-electron chi connectivity index (χ0n) is 18.0. The number of fused-ring (bicyclic) bond motifs is 3. The molecule has 164 valence electrons. The van der Waals surface area contributed by atoms with Gasteiger partial charge in [0.05, 0.1) is 18.6 Å². The minimum absolute atomic E-state index is 0.203. The summed E-state index contributed by atoms with van der Waals surface area (Å²) in [5, 5.41) is 4.77. The summed E-state index contributed by atoms with van der Waals surface area (Å²) < 4.78 is 34.2. The summed E-state index contributed by atoms with van der Waals surface area (Å²) in [5.74, 6) is 2.05. The van der Waals surface area contributed by atoms with Crippen LogP contribution in [0.2, 0.25) is 0 Å². The fourth-order valence-electron chi connectivity index (χ4n) is 4.98. The average Bonchev–Trinajstić information content (AvgIpc) is 3.14. The molecular weight excluding hydrogens is 400 g/mol. The third kappa shape index (κ3) is 4.40. The molecule has 0 aliphatic carbocycles. The second-order valence-electron chi connectivity index (χ2n) is 8.51. The van der Waals surface area contributed by atoms with E-state index in [1.807, 2.05) is 42.9 Å². The van der Waals surface area contributed by atoms with Crippen LogP contribution in [0.25, 0.3) is 11.3 Å². The lowest BCUT2D eigenvalue weighted by atomic mass is 9.74. The molecule has 3 saturated heterocycles. The molecule has 0 spiro atoms. The molecule has 2 aromatic rings. The van der Waals surface area contributed by atoms with Gasteiger partial charge in [0.2, 0.25) is 10.0 Å². The topological polar surface area (TPSA) is 76.5 Å². The third-order valence-electron chi connectivity index (χ3n) is 6.57. The first-order valence-electron chi connectivity index (χ1n) is 10.8. The van der Waals surface area contributed by atoms with Crippen LogP contribution in [0, 0.1) is 5.92 Å². The Morgan fingerprint density at radius 3 is 2.67 bits per heavy atom. The lowest BCUT2D eigenvalue weighted by Crippen LogP contribution is -2.56. The fraction of sp³-hybridized carbons (Fsp3) is 0.591. The first-order chi connectivity index (χ1) is 14.4. The Bertz CT molecular complexity index is 971. The van der Waals surface area contributed by atoms with E-state index in [9.17, 15) is 8.42 Å². The highest BCUT2D eigenvalue weighted by Gasteiger charge is 2.42. The first-order valence-corrected chi connectivity index (χ1v) is 12.4. The maximum Gasteiger partial charge on any atom is 0.211 e. The second kappa shape index (κ2) is 8.69. The first kappa shape index (κ1) is 21.3. The van der Waals surface area contributed by atoms with Gasteiger partial charge < -0.3 is 4.74 Å². The zero-order valence-corrected chi connectivity index (χ0v) is 18.9. The van der Waals surface area contributed by atoms with E-state index in [-0.39, 0.29) is 5.75 Å². The van der Waals surface area contributed by atoms with Gasteiger partial charge in [-0.15, -0.1) is 0 Å². The van der Waals surface area contributed by atoms with E-state index in [0.29, 0.717) is 30.8 Å². The summed E-state index contributed by atoms with van der Waals surface area (Å²) in [7, 11) is 0.542. The number of piperidine rings is 3. The van der Waals surface area contributed by atoms with E-state index in [4.69, 9.17) is 9.84 Å². The van der Waals surface area contributed by atoms with Gasteiger partial charge in [-0.25, -0.2) is 13.1 Å². The lowest BCUT2D eigenvalue weighted by Gasteiger charge is -2.49. The number of benzene rings is 1. The van der Waals surface area contributed by atoms with Crippen molar-refractivity contribution >= 4 is 10.0 Å². The summed E-state index contributed by atoms with van der Waals surface area (Å²) >= 11 is 0. The van der Waals surface area contributed by atoms with E-state index in [0.717, 1.165) is 42.9 Å². The highest BCUT2D eigenvalue weighted by Crippen LogP contribution is 2.42. The average molecular weight is 433 g/mol. The number of hydrogen-bond acceptors (Lipinski definition) is 5. The van der Waals surface area contributed by atoms with Crippen molar-refractivity contribution in [2.45, 2.75) is 38.1 Å². The zero-order chi connectivity index (χ0) is 21.3. The molecule has 3 aliphatic heterocycles. The smallest absolute Gasteiger partial charge is 0.211 e. The van der Waals surface area contributed by atoms with Crippen LogP contribution in [0.4, 0.5) is 0 Å². The molecule has 7 nitrogen and oxygen atoms in total. The number of methoxy groups -OCH3 is 1. The molecule has 1 aromatic heterocycles. The quantitative estimate of drug-likeness (QED) is 0.694. The lowest BCUT2D eigenvalue weighted by molar-refractivity contribution is 0.0306. The number of ether oxygens (including phenoxy) is 1. The summed E-state index contributed by atoms with van der Waals surface area (Å²) in [6.07, 6.45) is 2.83. The summed E-state index contributed by atoms with van der Waals surface area (Å²) in [6, 6.07) is 10.5. The Labute approximate surface area is 179 Å². The van der Waals surface area contributed by atoms with Crippen LogP contribution in [0.15, 0.2) is 30.3 Å². The number of aryl methyl sites for hydroxylation is 1. The van der Waals surface area contributed by atoms with Gasteiger partial charge in [0.25, 0.3) is 0 Å². The Morgan fingerprint density at radius 2 is 2.03 bits per heavy atom. The van der Waals surface area contributed by atoms with E-state index >= 15 is 0 Å². The number of sulfonamides is 1. The van der Waals surface area contributed by atoms with Crippen molar-refractivity contribution in [2.75, 3.05) is 32.5 Å². The summed E-state index contributed by atoms with van der Waals surface area (Å²) in [5.41, 5.74) is 3.33. The fourth-order valence-corrected chi connectivity index (χ4v) is 6.11. The molecule has 0 radical (unpaired) electrons. The van der Waals surface area contributed by atoms with Crippen molar-refractivity contribution in [1.82, 2.24) is 19.4 Å². The van der Waals surface area contributed by atoms with Crippen molar-refractivity contribution < 1.29 is 13.2 Å². The number of rotatable bonds is 8. The monoisotopic (exact) mass is 432 g/mol. The van der Waals surface area contributed by atoms with Crippen molar-refractivity contribution in [2.24, 2.45) is 13.0 Å². The number of nitrogens with zero attached hydrogens (tertiary/aromatic N) is 3. The van der Waals surface area contributed by atoms with Gasteiger partial charge in [-0.1, -0.05) is 6.92 Å².